The molecular weight excluding hydrogens is 324 g/mol. The Hall–Kier alpha value is -2.24. The summed E-state index contributed by atoms with van der Waals surface area (Å²) in [5.74, 6) is -0.884. The first-order valence-electron chi connectivity index (χ1n) is 7.06. The van der Waals surface area contributed by atoms with Crippen LogP contribution in [0, 0.1) is 0 Å². The van der Waals surface area contributed by atoms with Crippen molar-refractivity contribution in [2.45, 2.75) is 38.8 Å². The molecule has 4 N–H and O–H groups in total. The summed E-state index contributed by atoms with van der Waals surface area (Å²) in [6.45, 7) is 4.54. The largest absolute Gasteiger partial charge is 0.376 e. The first-order valence-corrected chi connectivity index (χ1v) is 7.06. The highest BCUT2D eigenvalue weighted by Crippen LogP contribution is 2.26. The number of hydrogen-bond donors (Lipinski definition) is 4. The molecule has 0 unspecified atom stereocenters. The molecule has 0 aromatic heterocycles. The Balaban J connectivity index is 0.000000243. The van der Waals surface area contributed by atoms with Gasteiger partial charge < -0.3 is 15.3 Å². The summed E-state index contributed by atoms with van der Waals surface area (Å²) in [6.07, 6.45) is 0. The second kappa shape index (κ2) is 6.71. The van der Waals surface area contributed by atoms with Gasteiger partial charge in [0.05, 0.1) is 0 Å². The predicted molar refractivity (Wildman–Crippen MR) is 78.9 cm³/mol. The molecule has 2 aliphatic rings. The Morgan fingerprint density at radius 2 is 1.33 bits per heavy atom. The lowest BCUT2D eigenvalue weighted by atomic mass is 10.1. The summed E-state index contributed by atoms with van der Waals surface area (Å²) in [5.41, 5.74) is -2.00. The maximum absolute atomic E-state index is 11.4. The highest BCUT2D eigenvalue weighted by Gasteiger charge is 2.50. The molecule has 136 valence electrons. The zero-order valence-corrected chi connectivity index (χ0v) is 13.9. The van der Waals surface area contributed by atoms with Crippen molar-refractivity contribution in [1.82, 2.24) is 20.0 Å². The van der Waals surface area contributed by atoms with Crippen molar-refractivity contribution in [3.63, 3.8) is 0 Å². The lowest BCUT2D eigenvalue weighted by Gasteiger charge is -2.24. The number of rotatable bonds is 3. The van der Waals surface area contributed by atoms with E-state index in [2.05, 4.69) is 5.32 Å². The summed E-state index contributed by atoms with van der Waals surface area (Å²) in [4.78, 5) is 47.3. The van der Waals surface area contributed by atoms with Crippen LogP contribution >= 0.6 is 0 Å². The van der Waals surface area contributed by atoms with Crippen LogP contribution in [0.4, 0.5) is 9.59 Å². The van der Waals surface area contributed by atoms with Gasteiger partial charge in [-0.3, -0.25) is 24.7 Å². The van der Waals surface area contributed by atoms with Crippen molar-refractivity contribution in [3.8, 4) is 0 Å². The molecule has 11 heteroatoms. The number of nitrogens with zero attached hydrogens (tertiary/aromatic N) is 3. The van der Waals surface area contributed by atoms with Crippen LogP contribution in [0.1, 0.15) is 27.7 Å². The van der Waals surface area contributed by atoms with Crippen molar-refractivity contribution in [1.29, 1.82) is 0 Å². The van der Waals surface area contributed by atoms with Gasteiger partial charge in [-0.15, -0.1) is 0 Å². The van der Waals surface area contributed by atoms with Crippen molar-refractivity contribution < 1.29 is 34.5 Å². The predicted octanol–water partition coefficient (Wildman–Crippen LogP) is -1.80. The fraction of sp³-hybridized carbons (Fsp3) is 0.692. The maximum Gasteiger partial charge on any atom is 0.331 e. The fourth-order valence-corrected chi connectivity index (χ4v) is 2.21. The van der Waals surface area contributed by atoms with E-state index in [9.17, 15) is 19.2 Å². The third-order valence-corrected chi connectivity index (χ3v) is 4.03. The third kappa shape index (κ3) is 3.05. The summed E-state index contributed by atoms with van der Waals surface area (Å²) in [7, 11) is 0. The zero-order chi connectivity index (χ0) is 18.9. The Morgan fingerprint density at radius 1 is 0.833 bits per heavy atom. The Morgan fingerprint density at radius 3 is 1.54 bits per heavy atom. The van der Waals surface area contributed by atoms with Crippen LogP contribution in [0.3, 0.4) is 0 Å². The molecule has 0 radical (unpaired) electrons. The number of carbonyl (C=O) groups excluding carboxylic acids is 4. The zero-order valence-electron chi connectivity index (χ0n) is 13.9. The van der Waals surface area contributed by atoms with Crippen LogP contribution in [-0.2, 0) is 9.59 Å². The average molecular weight is 346 g/mol. The van der Waals surface area contributed by atoms with Crippen LogP contribution < -0.4 is 5.32 Å². The number of hydrogen-bond acceptors (Lipinski definition) is 7. The molecule has 0 aliphatic carbocycles. The van der Waals surface area contributed by atoms with E-state index in [4.69, 9.17) is 15.3 Å². The SMILES string of the molecule is CC1(C)C(=O)N(CO)C(=O)N1CO.CC1(C)C(=O)NC(=O)N1CO. The van der Waals surface area contributed by atoms with E-state index in [1.54, 1.807) is 13.8 Å². The monoisotopic (exact) mass is 346 g/mol. The minimum absolute atomic E-state index is 0.378. The Labute approximate surface area is 138 Å². The summed E-state index contributed by atoms with van der Waals surface area (Å²) < 4.78 is 0. The lowest BCUT2D eigenvalue weighted by Crippen LogP contribution is -2.44. The van der Waals surface area contributed by atoms with Crippen LogP contribution in [0.15, 0.2) is 0 Å². The normalized spacial score (nSPS) is 21.9. The quantitative estimate of drug-likeness (QED) is 0.440. The molecule has 0 spiro atoms. The van der Waals surface area contributed by atoms with Crippen molar-refractivity contribution in [2.24, 2.45) is 0 Å². The molecule has 0 aromatic carbocycles. The van der Waals surface area contributed by atoms with Gasteiger partial charge in [0.1, 0.15) is 31.3 Å². The fourth-order valence-electron chi connectivity index (χ4n) is 2.21. The Kier molecular flexibility index (Phi) is 5.54. The van der Waals surface area contributed by atoms with Crippen LogP contribution in [0.2, 0.25) is 0 Å². The maximum atomic E-state index is 11.4. The van der Waals surface area contributed by atoms with E-state index < -0.39 is 49.2 Å². The van der Waals surface area contributed by atoms with Gasteiger partial charge in [-0.25, -0.2) is 14.5 Å². The number of carbonyl (C=O) groups is 4. The molecule has 2 heterocycles. The number of aliphatic hydroxyl groups is 3. The number of imide groups is 2. The third-order valence-electron chi connectivity index (χ3n) is 4.03. The molecule has 0 bridgehead atoms. The van der Waals surface area contributed by atoms with Crippen molar-refractivity contribution >= 4 is 23.9 Å². The number of aliphatic hydroxyl groups excluding tert-OH is 3. The second-order valence-corrected chi connectivity index (χ2v) is 6.17. The number of urea groups is 2. The van der Waals surface area contributed by atoms with Gasteiger partial charge in [0.15, 0.2) is 0 Å². The molecule has 11 nitrogen and oxygen atoms in total. The number of nitrogens with one attached hydrogen (secondary N) is 1. The van der Waals surface area contributed by atoms with Gasteiger partial charge in [-0.05, 0) is 27.7 Å². The molecule has 2 fully saturated rings. The van der Waals surface area contributed by atoms with E-state index in [1.165, 1.54) is 13.8 Å². The first-order chi connectivity index (χ1) is 11.0. The Bertz CT molecular complexity index is 561. The molecule has 0 saturated carbocycles. The summed E-state index contributed by atoms with van der Waals surface area (Å²) in [5, 5.41) is 28.4. The summed E-state index contributed by atoms with van der Waals surface area (Å²) in [6, 6.07) is -1.21. The topological polar surface area (TPSA) is 151 Å². The van der Waals surface area contributed by atoms with E-state index in [1.807, 2.05) is 0 Å². The van der Waals surface area contributed by atoms with E-state index in [-0.39, 0.29) is 5.91 Å². The highest BCUT2D eigenvalue weighted by atomic mass is 16.3. The summed E-state index contributed by atoms with van der Waals surface area (Å²) >= 11 is 0. The van der Waals surface area contributed by atoms with Crippen LogP contribution in [0.25, 0.3) is 0 Å². The molecule has 0 atom stereocenters. The lowest BCUT2D eigenvalue weighted by molar-refractivity contribution is -0.134. The van der Waals surface area contributed by atoms with Crippen molar-refractivity contribution in [2.75, 3.05) is 20.2 Å². The standard InChI is InChI=1S/C7H12N2O4.C6H10N2O3/c1-7(2)5(12)8(3-10)6(13)9(7)4-11;1-6(2)4(10)7-5(11)8(6)3-9/h10-11H,3-4H2,1-2H3;9H,3H2,1-2H3,(H,7,10,11). The molecule has 2 rings (SSSR count). The van der Waals surface area contributed by atoms with Crippen LogP contribution in [-0.4, -0.2) is 85.2 Å². The molecule has 6 amide bonds. The molecule has 2 aliphatic heterocycles. The van der Waals surface area contributed by atoms with Gasteiger partial charge in [0, 0.05) is 0 Å². The first kappa shape index (κ1) is 19.8. The van der Waals surface area contributed by atoms with Gasteiger partial charge >= 0.3 is 12.1 Å². The number of amides is 6. The van der Waals surface area contributed by atoms with Gasteiger partial charge in [-0.2, -0.15) is 0 Å². The molecule has 0 aromatic rings. The van der Waals surface area contributed by atoms with Crippen molar-refractivity contribution in [3.05, 3.63) is 0 Å². The van der Waals surface area contributed by atoms with E-state index in [0.29, 0.717) is 4.90 Å². The second-order valence-electron chi connectivity index (χ2n) is 6.17. The minimum atomic E-state index is -1.07. The van der Waals surface area contributed by atoms with E-state index >= 15 is 0 Å². The smallest absolute Gasteiger partial charge is 0.331 e. The molecular formula is C13H22N4O7. The minimum Gasteiger partial charge on any atom is -0.376 e. The van der Waals surface area contributed by atoms with Crippen LogP contribution in [0.5, 0.6) is 0 Å². The molecule has 24 heavy (non-hydrogen) atoms. The van der Waals surface area contributed by atoms with Gasteiger partial charge in [0.2, 0.25) is 0 Å². The highest BCUT2D eigenvalue weighted by molar-refractivity contribution is 6.06. The van der Waals surface area contributed by atoms with Gasteiger partial charge in [-0.1, -0.05) is 0 Å². The van der Waals surface area contributed by atoms with Gasteiger partial charge in [0.25, 0.3) is 11.8 Å². The average Bonchev–Trinajstić information content (AvgIpc) is 2.77. The molecule has 2 saturated heterocycles. The van der Waals surface area contributed by atoms with E-state index in [0.717, 1.165) is 9.80 Å².